The average molecular weight is 486 g/mol. The monoisotopic (exact) mass is 485 g/mol. The van der Waals surface area contributed by atoms with Gasteiger partial charge in [0.05, 0.1) is 10.7 Å². The molecule has 2 aromatic rings. The van der Waals surface area contributed by atoms with Gasteiger partial charge in [-0.15, -0.1) is 0 Å². The quantitative estimate of drug-likeness (QED) is 0.584. The number of nitrogens with zero attached hydrogens (tertiary/aromatic N) is 1. The van der Waals surface area contributed by atoms with Gasteiger partial charge in [-0.05, 0) is 89.4 Å². The van der Waals surface area contributed by atoms with E-state index in [1.165, 1.54) is 0 Å². The van der Waals surface area contributed by atoms with E-state index in [0.29, 0.717) is 27.6 Å². The lowest BCUT2D eigenvalue weighted by molar-refractivity contribution is -0.139. The highest BCUT2D eigenvalue weighted by molar-refractivity contribution is 6.34. The number of halogens is 1. The molecule has 0 aliphatic carbocycles. The van der Waals surface area contributed by atoms with Crippen molar-refractivity contribution in [3.05, 3.63) is 58.6 Å². The molecule has 8 heteroatoms. The fourth-order valence-corrected chi connectivity index (χ4v) is 4.30. The van der Waals surface area contributed by atoms with Gasteiger partial charge in [0.2, 0.25) is 0 Å². The Morgan fingerprint density at radius 1 is 1.00 bits per heavy atom. The molecule has 7 nitrogen and oxygen atoms in total. The first-order chi connectivity index (χ1) is 16.2. The minimum Gasteiger partial charge on any atom is -0.484 e. The first-order valence-electron chi connectivity index (χ1n) is 11.6. The lowest BCUT2D eigenvalue weighted by Crippen LogP contribution is -2.49. The van der Waals surface area contributed by atoms with Crippen LogP contribution in [-0.4, -0.2) is 47.4 Å². The number of piperidine rings is 1. The van der Waals surface area contributed by atoms with Gasteiger partial charge < -0.3 is 20.3 Å². The second kappa shape index (κ2) is 11.4. The SMILES string of the molecule is CC(C)NC(=O)c1ccc(Cl)c(NC(=O)c2ccc(OCC(=O)N3C(C)CCCC3C)cc2)c1. The van der Waals surface area contributed by atoms with Crippen LogP contribution in [-0.2, 0) is 4.79 Å². The molecule has 1 heterocycles. The molecule has 0 saturated carbocycles. The average Bonchev–Trinajstić information content (AvgIpc) is 2.78. The maximum atomic E-state index is 12.7. The molecule has 182 valence electrons. The van der Waals surface area contributed by atoms with Gasteiger partial charge in [-0.1, -0.05) is 11.6 Å². The van der Waals surface area contributed by atoms with Crippen molar-refractivity contribution in [1.29, 1.82) is 0 Å². The van der Waals surface area contributed by atoms with E-state index in [-0.39, 0.29) is 42.5 Å². The summed E-state index contributed by atoms with van der Waals surface area (Å²) < 4.78 is 5.68. The Morgan fingerprint density at radius 3 is 2.24 bits per heavy atom. The van der Waals surface area contributed by atoms with Gasteiger partial charge in [-0.25, -0.2) is 0 Å². The second-order valence-corrected chi connectivity index (χ2v) is 9.43. The fraction of sp³-hybridized carbons (Fsp3) is 0.423. The smallest absolute Gasteiger partial charge is 0.260 e. The highest BCUT2D eigenvalue weighted by Gasteiger charge is 2.29. The number of anilines is 1. The standard InChI is InChI=1S/C26H32ClN3O4/c1-16(2)28-26(33)20-10-13-22(27)23(14-20)29-25(32)19-8-11-21(12-9-19)34-15-24(31)30-17(3)6-5-7-18(30)4/h8-14,16-18H,5-7,15H2,1-4H3,(H,28,33)(H,29,32). The molecule has 2 atom stereocenters. The topological polar surface area (TPSA) is 87.7 Å². The van der Waals surface area contributed by atoms with E-state index < -0.39 is 0 Å². The van der Waals surface area contributed by atoms with Crippen molar-refractivity contribution < 1.29 is 19.1 Å². The maximum absolute atomic E-state index is 12.7. The van der Waals surface area contributed by atoms with Crippen LogP contribution in [0.1, 0.15) is 67.7 Å². The predicted molar refractivity (Wildman–Crippen MR) is 134 cm³/mol. The van der Waals surface area contributed by atoms with Gasteiger partial charge >= 0.3 is 0 Å². The van der Waals surface area contributed by atoms with Crippen molar-refractivity contribution in [3.63, 3.8) is 0 Å². The van der Waals surface area contributed by atoms with E-state index in [0.717, 1.165) is 19.3 Å². The van der Waals surface area contributed by atoms with Gasteiger partial charge in [-0.3, -0.25) is 14.4 Å². The molecule has 3 rings (SSSR count). The summed E-state index contributed by atoms with van der Waals surface area (Å²) in [7, 11) is 0. The summed E-state index contributed by atoms with van der Waals surface area (Å²) in [5.74, 6) is -0.140. The van der Waals surface area contributed by atoms with Crippen LogP contribution in [0.4, 0.5) is 5.69 Å². The first-order valence-corrected chi connectivity index (χ1v) is 12.0. The maximum Gasteiger partial charge on any atom is 0.260 e. The minimum atomic E-state index is -0.373. The van der Waals surface area contributed by atoms with Crippen molar-refractivity contribution >= 4 is 35.0 Å². The van der Waals surface area contributed by atoms with Crippen LogP contribution >= 0.6 is 11.6 Å². The van der Waals surface area contributed by atoms with Crippen molar-refractivity contribution in [1.82, 2.24) is 10.2 Å². The third-order valence-corrected chi connectivity index (χ3v) is 6.19. The zero-order valence-electron chi connectivity index (χ0n) is 20.1. The molecule has 2 N–H and O–H groups in total. The van der Waals surface area contributed by atoms with Crippen LogP contribution in [0, 0.1) is 0 Å². The molecule has 34 heavy (non-hydrogen) atoms. The number of nitrogens with one attached hydrogen (secondary N) is 2. The lowest BCUT2D eigenvalue weighted by Gasteiger charge is -2.38. The third-order valence-electron chi connectivity index (χ3n) is 5.86. The number of ether oxygens (including phenoxy) is 1. The molecule has 1 aliphatic heterocycles. The number of hydrogen-bond donors (Lipinski definition) is 2. The van der Waals surface area contributed by atoms with Crippen molar-refractivity contribution in [2.75, 3.05) is 11.9 Å². The first kappa shape index (κ1) is 25.6. The van der Waals surface area contributed by atoms with Crippen LogP contribution in [0.25, 0.3) is 0 Å². The predicted octanol–water partition coefficient (Wildman–Crippen LogP) is 4.90. The number of amides is 3. The van der Waals surface area contributed by atoms with Gasteiger partial charge in [0, 0.05) is 29.3 Å². The zero-order chi connectivity index (χ0) is 24.8. The van der Waals surface area contributed by atoms with Gasteiger partial charge in [-0.2, -0.15) is 0 Å². The van der Waals surface area contributed by atoms with Crippen LogP contribution in [0.2, 0.25) is 5.02 Å². The third kappa shape index (κ3) is 6.50. The Bertz CT molecular complexity index is 1030. The highest BCUT2D eigenvalue weighted by Crippen LogP contribution is 2.25. The van der Waals surface area contributed by atoms with E-state index in [1.807, 2.05) is 18.7 Å². The molecule has 2 unspecified atom stereocenters. The van der Waals surface area contributed by atoms with Gasteiger partial charge in [0.1, 0.15) is 5.75 Å². The molecule has 2 aromatic carbocycles. The van der Waals surface area contributed by atoms with Crippen LogP contribution in [0.3, 0.4) is 0 Å². The number of hydrogen-bond acceptors (Lipinski definition) is 4. The number of carbonyl (C=O) groups is 3. The lowest BCUT2D eigenvalue weighted by atomic mass is 9.97. The number of rotatable bonds is 7. The summed E-state index contributed by atoms with van der Waals surface area (Å²) in [6.45, 7) is 7.84. The van der Waals surface area contributed by atoms with E-state index in [1.54, 1.807) is 42.5 Å². The molecule has 3 amide bonds. The molecule has 1 saturated heterocycles. The molecular weight excluding hydrogens is 454 g/mol. The molecule has 0 radical (unpaired) electrons. The molecule has 1 fully saturated rings. The zero-order valence-corrected chi connectivity index (χ0v) is 20.8. The molecular formula is C26H32ClN3O4. The summed E-state index contributed by atoms with van der Waals surface area (Å²) in [5, 5.41) is 5.88. The van der Waals surface area contributed by atoms with Crippen LogP contribution < -0.4 is 15.4 Å². The van der Waals surface area contributed by atoms with E-state index >= 15 is 0 Å². The van der Waals surface area contributed by atoms with Gasteiger partial charge in [0.25, 0.3) is 17.7 Å². The normalized spacial score (nSPS) is 17.9. The summed E-state index contributed by atoms with van der Waals surface area (Å²) in [5.41, 5.74) is 1.14. The molecule has 1 aliphatic rings. The second-order valence-electron chi connectivity index (χ2n) is 9.02. The minimum absolute atomic E-state index is 0.0103. The Labute approximate surface area is 205 Å². The number of carbonyl (C=O) groups excluding carboxylic acids is 3. The summed E-state index contributed by atoms with van der Waals surface area (Å²) in [6, 6.07) is 11.7. The largest absolute Gasteiger partial charge is 0.484 e. The highest BCUT2D eigenvalue weighted by atomic mass is 35.5. The number of benzene rings is 2. The van der Waals surface area contributed by atoms with E-state index in [4.69, 9.17) is 16.3 Å². The van der Waals surface area contributed by atoms with E-state index in [2.05, 4.69) is 24.5 Å². The van der Waals surface area contributed by atoms with Crippen molar-refractivity contribution in [2.45, 2.75) is 65.1 Å². The summed E-state index contributed by atoms with van der Waals surface area (Å²) >= 11 is 6.22. The summed E-state index contributed by atoms with van der Waals surface area (Å²) in [6.07, 6.45) is 3.15. The van der Waals surface area contributed by atoms with Crippen LogP contribution in [0.15, 0.2) is 42.5 Å². The van der Waals surface area contributed by atoms with Crippen molar-refractivity contribution in [3.8, 4) is 5.75 Å². The van der Waals surface area contributed by atoms with E-state index in [9.17, 15) is 14.4 Å². The Balaban J connectivity index is 1.60. The molecule has 0 aromatic heterocycles. The van der Waals surface area contributed by atoms with Gasteiger partial charge in [0.15, 0.2) is 6.61 Å². The Kier molecular flexibility index (Phi) is 8.56. The Hall–Kier alpha value is -3.06. The Morgan fingerprint density at radius 2 is 1.62 bits per heavy atom. The number of likely N-dealkylation sites (tertiary alicyclic amines) is 1. The van der Waals surface area contributed by atoms with Crippen LogP contribution in [0.5, 0.6) is 5.75 Å². The fourth-order valence-electron chi connectivity index (χ4n) is 4.14. The molecule has 0 bridgehead atoms. The van der Waals surface area contributed by atoms with Crippen molar-refractivity contribution in [2.24, 2.45) is 0 Å². The summed E-state index contributed by atoms with van der Waals surface area (Å²) in [4.78, 5) is 39.5. The molecule has 0 spiro atoms.